The van der Waals surface area contributed by atoms with Crippen LogP contribution >= 0.6 is 0 Å². The van der Waals surface area contributed by atoms with Crippen molar-refractivity contribution < 1.29 is 29.6 Å². The molecule has 0 saturated heterocycles. The molecule has 0 nitrogen and oxygen atoms in total. The summed E-state index contributed by atoms with van der Waals surface area (Å²) in [7, 11) is 0. The SMILES string of the molecule is C.C[S-].[Na+]. The van der Waals surface area contributed by atoms with Gasteiger partial charge < -0.3 is 12.6 Å². The molecule has 0 aliphatic heterocycles. The van der Waals surface area contributed by atoms with Gasteiger partial charge in [-0.3, -0.25) is 0 Å². The third-order valence-corrected chi connectivity index (χ3v) is 0. The summed E-state index contributed by atoms with van der Waals surface area (Å²) in [5.41, 5.74) is 0. The van der Waals surface area contributed by atoms with Gasteiger partial charge in [0.2, 0.25) is 0 Å². The van der Waals surface area contributed by atoms with Gasteiger partial charge in [0.1, 0.15) is 0 Å². The van der Waals surface area contributed by atoms with Crippen molar-refractivity contribution in [3.8, 4) is 0 Å². The minimum Gasteiger partial charge on any atom is -0.796 e. The first-order chi connectivity index (χ1) is 1.00. The summed E-state index contributed by atoms with van der Waals surface area (Å²) in [5, 5.41) is 0. The van der Waals surface area contributed by atoms with Crippen LogP contribution < -0.4 is 29.6 Å². The van der Waals surface area contributed by atoms with Crippen molar-refractivity contribution in [1.82, 2.24) is 0 Å². The van der Waals surface area contributed by atoms with E-state index >= 15 is 0 Å². The normalized spacial score (nSPS) is 1.50. The molecule has 2 heteroatoms. The van der Waals surface area contributed by atoms with E-state index in [9.17, 15) is 0 Å². The van der Waals surface area contributed by atoms with E-state index in [4.69, 9.17) is 0 Å². The molecule has 22 valence electrons. The number of hydrogen-bond donors (Lipinski definition) is 0. The molecule has 0 aromatic carbocycles. The molecular weight excluding hydrogens is 79.1 g/mol. The van der Waals surface area contributed by atoms with Crippen LogP contribution in [0.1, 0.15) is 7.43 Å². The van der Waals surface area contributed by atoms with Crippen LogP contribution in [0.3, 0.4) is 0 Å². The number of rotatable bonds is 0. The van der Waals surface area contributed by atoms with Gasteiger partial charge in [0.05, 0.1) is 0 Å². The van der Waals surface area contributed by atoms with Gasteiger partial charge in [0.15, 0.2) is 0 Å². The second kappa shape index (κ2) is 26.8. The molecule has 0 amide bonds. The molecule has 0 fully saturated rings. The molecule has 0 aliphatic carbocycles. The van der Waals surface area contributed by atoms with E-state index in [-0.39, 0.29) is 37.0 Å². The van der Waals surface area contributed by atoms with Gasteiger partial charge in [0, 0.05) is 0 Å². The second-order valence-electron chi connectivity index (χ2n) is 0. The Bertz CT molecular complexity index is 6.00. The maximum atomic E-state index is 4.08. The van der Waals surface area contributed by atoms with E-state index in [0.717, 1.165) is 0 Å². The van der Waals surface area contributed by atoms with Gasteiger partial charge in [-0.25, -0.2) is 0 Å². The average molecular weight is 86.1 g/mol. The molecular formula is C2H7NaS. The summed E-state index contributed by atoms with van der Waals surface area (Å²) < 4.78 is 0. The van der Waals surface area contributed by atoms with Crippen molar-refractivity contribution in [1.29, 1.82) is 0 Å². The Hall–Kier alpha value is 1.35. The molecule has 0 heterocycles. The number of hydrogen-bond acceptors (Lipinski definition) is 1. The van der Waals surface area contributed by atoms with Crippen LogP contribution in [0.15, 0.2) is 0 Å². The van der Waals surface area contributed by atoms with Crippen LogP contribution in [0, 0.1) is 0 Å². The van der Waals surface area contributed by atoms with Gasteiger partial charge in [0.25, 0.3) is 0 Å². The Kier molecular flexibility index (Phi) is 123. The molecule has 0 unspecified atom stereocenters. The molecule has 0 spiro atoms. The third-order valence-electron chi connectivity index (χ3n) is 0. The van der Waals surface area contributed by atoms with E-state index < -0.39 is 0 Å². The fourth-order valence-electron chi connectivity index (χ4n) is 0. The van der Waals surface area contributed by atoms with Gasteiger partial charge >= 0.3 is 29.6 Å². The maximum absolute atomic E-state index is 4.08. The summed E-state index contributed by atoms with van der Waals surface area (Å²) in [6, 6.07) is 0. The van der Waals surface area contributed by atoms with Crippen LogP contribution in [-0.4, -0.2) is 6.26 Å². The molecule has 4 heavy (non-hydrogen) atoms. The van der Waals surface area contributed by atoms with Crippen molar-refractivity contribution in [3.63, 3.8) is 0 Å². The predicted molar refractivity (Wildman–Crippen MR) is 20.0 cm³/mol. The summed E-state index contributed by atoms with van der Waals surface area (Å²) in [6.07, 6.45) is 1.58. The Morgan fingerprint density at radius 2 is 1.25 bits per heavy atom. The summed E-state index contributed by atoms with van der Waals surface area (Å²) in [4.78, 5) is 0. The second-order valence-corrected chi connectivity index (χ2v) is 0. The Labute approximate surface area is 55.7 Å². The van der Waals surface area contributed by atoms with E-state index in [1.54, 1.807) is 6.26 Å². The van der Waals surface area contributed by atoms with Gasteiger partial charge in [-0.15, -0.1) is 0 Å². The van der Waals surface area contributed by atoms with Crippen LogP contribution in [0.5, 0.6) is 0 Å². The van der Waals surface area contributed by atoms with Gasteiger partial charge in [-0.05, 0) is 0 Å². The Morgan fingerprint density at radius 1 is 1.25 bits per heavy atom. The molecule has 0 atom stereocenters. The van der Waals surface area contributed by atoms with Gasteiger partial charge in [-0.1, -0.05) is 7.43 Å². The first-order valence-corrected chi connectivity index (χ1v) is 1.22. The van der Waals surface area contributed by atoms with E-state index in [1.807, 2.05) is 0 Å². The van der Waals surface area contributed by atoms with Crippen molar-refractivity contribution >= 4 is 12.6 Å². The van der Waals surface area contributed by atoms with Crippen molar-refractivity contribution in [3.05, 3.63) is 0 Å². The summed E-state index contributed by atoms with van der Waals surface area (Å²) >= 11 is 4.08. The van der Waals surface area contributed by atoms with Gasteiger partial charge in [-0.2, -0.15) is 6.26 Å². The quantitative estimate of drug-likeness (QED) is 0.238. The van der Waals surface area contributed by atoms with Crippen LogP contribution in [0.25, 0.3) is 0 Å². The fourth-order valence-corrected chi connectivity index (χ4v) is 0. The van der Waals surface area contributed by atoms with Crippen molar-refractivity contribution in [2.24, 2.45) is 0 Å². The Morgan fingerprint density at radius 3 is 1.25 bits per heavy atom. The summed E-state index contributed by atoms with van der Waals surface area (Å²) in [6.45, 7) is 0. The average Bonchev–Trinajstić information content (AvgIpc) is 1.00. The largest absolute Gasteiger partial charge is 1.00 e. The molecule has 0 N–H and O–H groups in total. The van der Waals surface area contributed by atoms with Crippen LogP contribution in [0.4, 0.5) is 0 Å². The van der Waals surface area contributed by atoms with Crippen LogP contribution in [0.2, 0.25) is 0 Å². The van der Waals surface area contributed by atoms with Crippen LogP contribution in [-0.2, 0) is 12.6 Å². The van der Waals surface area contributed by atoms with Crippen molar-refractivity contribution in [2.45, 2.75) is 7.43 Å². The monoisotopic (exact) mass is 86.0 g/mol. The van der Waals surface area contributed by atoms with E-state index in [2.05, 4.69) is 12.6 Å². The molecule has 0 aromatic heterocycles. The fraction of sp³-hybridized carbons (Fsp3) is 1.00. The first-order valence-electron chi connectivity index (χ1n) is 0.408. The molecule has 0 aliphatic rings. The zero-order valence-electron chi connectivity index (χ0n) is 2.41. The zero-order chi connectivity index (χ0) is 2.00. The molecule has 0 bridgehead atoms. The smallest absolute Gasteiger partial charge is 0.796 e. The summed E-state index contributed by atoms with van der Waals surface area (Å²) in [5.74, 6) is 0. The van der Waals surface area contributed by atoms with E-state index in [1.165, 1.54) is 0 Å². The maximum Gasteiger partial charge on any atom is 1.00 e. The third kappa shape index (κ3) is 10.2. The molecule has 0 aromatic rings. The van der Waals surface area contributed by atoms with E-state index in [0.29, 0.717) is 0 Å². The van der Waals surface area contributed by atoms with Crippen molar-refractivity contribution in [2.75, 3.05) is 6.26 Å². The standard InChI is InChI=1S/CH4S.CH4.Na/c1-2;;/h2H,1H3;1H4;/q;;+1/p-1. The molecule has 0 saturated carbocycles. The molecule has 0 rings (SSSR count). The Balaban J connectivity index is -0.00000000500. The zero-order valence-corrected chi connectivity index (χ0v) is 5.22. The predicted octanol–water partition coefficient (Wildman–Crippen LogP) is -2.20. The first kappa shape index (κ1) is 18.3. The topological polar surface area (TPSA) is 0 Å². The minimum atomic E-state index is 0. The molecule has 0 radical (unpaired) electrons. The minimum absolute atomic E-state index is 0.